The zero-order chi connectivity index (χ0) is 15.3. The number of hydrogen-bond donors (Lipinski definition) is 2. The Morgan fingerprint density at radius 1 is 1.10 bits per heavy atom. The average Bonchev–Trinajstić information content (AvgIpc) is 2.27. The largest absolute Gasteiger partial charge is 0.508 e. The highest BCUT2D eigenvalue weighted by Crippen LogP contribution is 2.52. The third kappa shape index (κ3) is 4.23. The van der Waals surface area contributed by atoms with E-state index in [-0.39, 0.29) is 36.8 Å². The molecule has 0 aromatic heterocycles. The van der Waals surface area contributed by atoms with Crippen LogP contribution in [0.25, 0.3) is 0 Å². The van der Waals surface area contributed by atoms with E-state index < -0.39 is 7.60 Å². The van der Waals surface area contributed by atoms with Gasteiger partial charge in [-0.3, -0.25) is 4.57 Å². The highest BCUT2D eigenvalue weighted by Gasteiger charge is 2.25. The van der Waals surface area contributed by atoms with Crippen molar-refractivity contribution in [1.29, 1.82) is 0 Å². The van der Waals surface area contributed by atoms with Crippen molar-refractivity contribution in [2.45, 2.75) is 39.8 Å². The lowest BCUT2D eigenvalue weighted by Gasteiger charge is -2.18. The Morgan fingerprint density at radius 3 is 1.90 bits per heavy atom. The lowest BCUT2D eigenvalue weighted by atomic mass is 9.99. The smallest absolute Gasteiger partial charge is 0.335 e. The first kappa shape index (κ1) is 17.0. The Balaban J connectivity index is 3.06. The molecule has 0 bridgehead atoms. The van der Waals surface area contributed by atoms with E-state index in [4.69, 9.17) is 9.05 Å². The summed E-state index contributed by atoms with van der Waals surface area (Å²) in [4.78, 5) is 0. The van der Waals surface area contributed by atoms with Gasteiger partial charge < -0.3 is 19.3 Å². The number of phenolic OH excluding ortho intramolecular Hbond substituents is 2. The van der Waals surface area contributed by atoms with Gasteiger partial charge in [0.05, 0.1) is 19.4 Å². The van der Waals surface area contributed by atoms with Crippen LogP contribution in [0.15, 0.2) is 12.1 Å². The summed E-state index contributed by atoms with van der Waals surface area (Å²) in [5.41, 5.74) is 1.01. The molecule has 1 aromatic rings. The van der Waals surface area contributed by atoms with E-state index in [0.29, 0.717) is 11.1 Å². The van der Waals surface area contributed by atoms with Gasteiger partial charge in [-0.1, -0.05) is 13.8 Å². The molecular formula is C14H23O5P. The molecule has 1 aromatic carbocycles. The molecule has 0 aliphatic rings. The predicted molar refractivity (Wildman–Crippen MR) is 78.4 cm³/mol. The van der Waals surface area contributed by atoms with E-state index >= 15 is 0 Å². The van der Waals surface area contributed by atoms with Crippen LogP contribution in [0.1, 0.15) is 44.7 Å². The summed E-state index contributed by atoms with van der Waals surface area (Å²) in [7, 11) is -3.24. The molecule has 6 heteroatoms. The third-order valence-electron chi connectivity index (χ3n) is 2.80. The van der Waals surface area contributed by atoms with Gasteiger partial charge in [0.1, 0.15) is 11.5 Å². The van der Waals surface area contributed by atoms with Crippen molar-refractivity contribution in [3.8, 4) is 11.5 Å². The molecule has 0 amide bonds. The van der Waals surface area contributed by atoms with Gasteiger partial charge in [-0.05, 0) is 37.5 Å². The molecule has 0 aliphatic heterocycles. The maximum atomic E-state index is 12.4. The fraction of sp³-hybridized carbons (Fsp3) is 0.571. The quantitative estimate of drug-likeness (QED) is 0.745. The van der Waals surface area contributed by atoms with E-state index in [9.17, 15) is 14.8 Å². The SMILES string of the molecule is CCOP(=O)(Cc1cc(O)c(C(C)C)c(O)c1)OCC. The van der Waals surface area contributed by atoms with Gasteiger partial charge in [0.15, 0.2) is 0 Å². The topological polar surface area (TPSA) is 76.0 Å². The van der Waals surface area contributed by atoms with Gasteiger partial charge in [-0.25, -0.2) is 0 Å². The van der Waals surface area contributed by atoms with Crippen LogP contribution < -0.4 is 0 Å². The minimum absolute atomic E-state index is 0.00496. The number of hydrogen-bond acceptors (Lipinski definition) is 5. The van der Waals surface area contributed by atoms with E-state index in [1.54, 1.807) is 13.8 Å². The molecule has 20 heavy (non-hydrogen) atoms. The Bertz CT molecular complexity index is 465. The highest BCUT2D eigenvalue weighted by molar-refractivity contribution is 7.53. The van der Waals surface area contributed by atoms with E-state index in [1.807, 2.05) is 13.8 Å². The summed E-state index contributed by atoms with van der Waals surface area (Å²) >= 11 is 0. The van der Waals surface area contributed by atoms with E-state index in [0.717, 1.165) is 0 Å². The second-order valence-corrected chi connectivity index (χ2v) is 6.86. The third-order valence-corrected chi connectivity index (χ3v) is 4.86. The lowest BCUT2D eigenvalue weighted by Crippen LogP contribution is -2.00. The maximum Gasteiger partial charge on any atom is 0.335 e. The fourth-order valence-corrected chi connectivity index (χ4v) is 3.78. The molecule has 0 radical (unpaired) electrons. The number of aromatic hydroxyl groups is 2. The maximum absolute atomic E-state index is 12.4. The van der Waals surface area contributed by atoms with Crippen LogP contribution in [0.4, 0.5) is 0 Å². The summed E-state index contributed by atoms with van der Waals surface area (Å²) in [6.07, 6.45) is 0.0220. The monoisotopic (exact) mass is 302 g/mol. The summed E-state index contributed by atoms with van der Waals surface area (Å²) in [5.74, 6) is -0.0151. The molecular weight excluding hydrogens is 279 g/mol. The molecule has 2 N–H and O–H groups in total. The van der Waals surface area contributed by atoms with Crippen molar-refractivity contribution in [1.82, 2.24) is 0 Å². The summed E-state index contributed by atoms with van der Waals surface area (Å²) < 4.78 is 22.8. The lowest BCUT2D eigenvalue weighted by molar-refractivity contribution is 0.219. The second kappa shape index (κ2) is 7.11. The van der Waals surface area contributed by atoms with Crippen LogP contribution in [0, 0.1) is 0 Å². The Labute approximate surface area is 120 Å². The Hall–Kier alpha value is -1.03. The average molecular weight is 302 g/mol. The molecule has 0 spiro atoms. The fourth-order valence-electron chi connectivity index (χ4n) is 2.11. The highest BCUT2D eigenvalue weighted by atomic mass is 31.2. The van der Waals surface area contributed by atoms with Gasteiger partial charge >= 0.3 is 7.60 Å². The standard InChI is InChI=1S/C14H23O5P/c1-5-18-20(17,19-6-2)9-11-7-12(15)14(10(3)4)13(16)8-11/h7-8,10,15-16H,5-6,9H2,1-4H3. The number of phenols is 2. The van der Waals surface area contributed by atoms with Gasteiger partial charge in [0.2, 0.25) is 0 Å². The molecule has 0 unspecified atom stereocenters. The summed E-state index contributed by atoms with van der Waals surface area (Å²) in [6.45, 7) is 7.78. The Kier molecular flexibility index (Phi) is 6.06. The second-order valence-electron chi connectivity index (χ2n) is 4.81. The van der Waals surface area contributed by atoms with Gasteiger partial charge in [-0.15, -0.1) is 0 Å². The van der Waals surface area contributed by atoms with Crippen LogP contribution in [-0.2, 0) is 19.8 Å². The number of rotatable bonds is 7. The molecule has 0 heterocycles. The molecule has 0 atom stereocenters. The molecule has 0 fully saturated rings. The first-order valence-corrected chi connectivity index (χ1v) is 8.48. The van der Waals surface area contributed by atoms with Gasteiger partial charge in [0.25, 0.3) is 0 Å². The first-order chi connectivity index (χ1) is 9.33. The Morgan fingerprint density at radius 2 is 1.55 bits per heavy atom. The molecule has 114 valence electrons. The van der Waals surface area contributed by atoms with Crippen molar-refractivity contribution in [3.05, 3.63) is 23.3 Å². The molecule has 1 rings (SSSR count). The zero-order valence-corrected chi connectivity index (χ0v) is 13.3. The molecule has 5 nitrogen and oxygen atoms in total. The van der Waals surface area contributed by atoms with Crippen molar-refractivity contribution in [3.63, 3.8) is 0 Å². The number of benzene rings is 1. The van der Waals surface area contributed by atoms with Crippen LogP contribution in [0.5, 0.6) is 11.5 Å². The van der Waals surface area contributed by atoms with Crippen molar-refractivity contribution < 1.29 is 23.8 Å². The minimum atomic E-state index is -3.24. The normalized spacial score (nSPS) is 12.1. The molecule has 0 saturated carbocycles. The molecule has 0 aliphatic carbocycles. The summed E-state index contributed by atoms with van der Waals surface area (Å²) in [6, 6.07) is 3.00. The zero-order valence-electron chi connectivity index (χ0n) is 12.4. The van der Waals surface area contributed by atoms with Gasteiger partial charge in [-0.2, -0.15) is 0 Å². The van der Waals surface area contributed by atoms with Gasteiger partial charge in [0, 0.05) is 5.56 Å². The first-order valence-electron chi connectivity index (χ1n) is 6.75. The van der Waals surface area contributed by atoms with E-state index in [1.165, 1.54) is 12.1 Å². The van der Waals surface area contributed by atoms with Crippen LogP contribution in [0.2, 0.25) is 0 Å². The van der Waals surface area contributed by atoms with Crippen LogP contribution in [0.3, 0.4) is 0 Å². The van der Waals surface area contributed by atoms with Crippen LogP contribution in [-0.4, -0.2) is 23.4 Å². The van der Waals surface area contributed by atoms with Crippen LogP contribution >= 0.6 is 7.60 Å². The van der Waals surface area contributed by atoms with E-state index in [2.05, 4.69) is 0 Å². The summed E-state index contributed by atoms with van der Waals surface area (Å²) in [5, 5.41) is 19.9. The molecule has 0 saturated heterocycles. The van der Waals surface area contributed by atoms with Crippen molar-refractivity contribution in [2.75, 3.05) is 13.2 Å². The van der Waals surface area contributed by atoms with Crippen molar-refractivity contribution in [2.24, 2.45) is 0 Å². The predicted octanol–water partition coefficient (Wildman–Crippen LogP) is 3.99. The minimum Gasteiger partial charge on any atom is -0.508 e. The van der Waals surface area contributed by atoms with Crippen molar-refractivity contribution >= 4 is 7.60 Å².